The number of Topliss-reactive ketones (excluding diaryl/α,β-unsaturated/α-hetero) is 2. The molecule has 2 rings (SSSR count). The van der Waals surface area contributed by atoms with Crippen LogP contribution >= 0.6 is 0 Å². The first-order valence-corrected chi connectivity index (χ1v) is 5.53. The summed E-state index contributed by atoms with van der Waals surface area (Å²) in [6, 6.07) is 5.32. The van der Waals surface area contributed by atoms with Crippen LogP contribution in [-0.4, -0.2) is 22.9 Å². The van der Waals surface area contributed by atoms with E-state index < -0.39 is 17.4 Å². The second-order valence-electron chi connectivity index (χ2n) is 3.94. The van der Waals surface area contributed by atoms with E-state index in [2.05, 4.69) is 4.99 Å². The molecule has 1 aromatic carbocycles. The summed E-state index contributed by atoms with van der Waals surface area (Å²) in [6.07, 6.45) is 3.67. The second kappa shape index (κ2) is 5.39. The minimum absolute atomic E-state index is 0.0768. The number of ketones is 2. The highest BCUT2D eigenvalue weighted by Crippen LogP contribution is 2.14. The van der Waals surface area contributed by atoms with Crippen molar-refractivity contribution in [3.8, 4) is 0 Å². The first-order chi connectivity index (χ1) is 9.06. The van der Waals surface area contributed by atoms with E-state index in [0.717, 1.165) is 6.21 Å². The molecule has 1 heterocycles. The number of halogens is 1. The minimum atomic E-state index is -0.621. The van der Waals surface area contributed by atoms with Gasteiger partial charge < -0.3 is 5.11 Å². The monoisotopic (exact) mass is 259 g/mol. The molecule has 1 N–H and O–H groups in total. The Bertz CT molecular complexity index is 612. The number of hydrogen-bond donors (Lipinski definition) is 1. The van der Waals surface area contributed by atoms with Crippen LogP contribution in [0.3, 0.4) is 0 Å². The zero-order chi connectivity index (χ0) is 13.8. The number of nitrogens with zero attached hydrogens (tertiary/aromatic N) is 1. The fraction of sp³-hybridized carbons (Fsp3) is 0.0714. The predicted molar refractivity (Wildman–Crippen MR) is 68.2 cm³/mol. The van der Waals surface area contributed by atoms with Gasteiger partial charge in [0.05, 0.1) is 12.6 Å². The largest absolute Gasteiger partial charge is 0.507 e. The van der Waals surface area contributed by atoms with Crippen molar-refractivity contribution in [3.05, 3.63) is 53.5 Å². The number of rotatable bonds is 2. The van der Waals surface area contributed by atoms with E-state index in [1.807, 2.05) is 0 Å². The first-order valence-electron chi connectivity index (χ1n) is 5.53. The Balaban J connectivity index is 2.18. The lowest BCUT2D eigenvalue weighted by Crippen LogP contribution is -2.19. The maximum absolute atomic E-state index is 12.7. The molecule has 0 saturated heterocycles. The Morgan fingerprint density at radius 3 is 2.58 bits per heavy atom. The molecule has 0 spiro atoms. The SMILES string of the molecule is O=C1C=NC(=CC=C(O)c2ccc(F)cc2)CC1=O. The standard InChI is InChI=1S/C14H10FNO3/c15-10-3-1-9(2-4-10)12(17)6-5-11-7-13(18)14(19)8-16-11/h1-6,8,17H,7H2. The molecule has 19 heavy (non-hydrogen) atoms. The number of carbonyl (C=O) groups excluding carboxylic acids is 2. The van der Waals surface area contributed by atoms with Gasteiger partial charge >= 0.3 is 0 Å². The summed E-state index contributed by atoms with van der Waals surface area (Å²) in [6.45, 7) is 0. The molecule has 0 unspecified atom stereocenters. The topological polar surface area (TPSA) is 66.7 Å². The molecule has 1 aromatic rings. The average Bonchev–Trinajstić information content (AvgIpc) is 2.40. The lowest BCUT2D eigenvalue weighted by molar-refractivity contribution is -0.132. The van der Waals surface area contributed by atoms with Gasteiger partial charge in [-0.25, -0.2) is 4.39 Å². The van der Waals surface area contributed by atoms with E-state index in [0.29, 0.717) is 11.3 Å². The van der Waals surface area contributed by atoms with Gasteiger partial charge in [0, 0.05) is 11.3 Å². The third kappa shape index (κ3) is 3.22. The van der Waals surface area contributed by atoms with Crippen LogP contribution < -0.4 is 0 Å². The molecule has 1 aliphatic heterocycles. The van der Waals surface area contributed by atoms with Crippen molar-refractivity contribution >= 4 is 23.5 Å². The van der Waals surface area contributed by atoms with Gasteiger partial charge in [0.1, 0.15) is 11.6 Å². The van der Waals surface area contributed by atoms with Crippen LogP contribution in [0.1, 0.15) is 12.0 Å². The third-order valence-electron chi connectivity index (χ3n) is 2.54. The van der Waals surface area contributed by atoms with Crippen molar-refractivity contribution in [2.75, 3.05) is 0 Å². The lowest BCUT2D eigenvalue weighted by atomic mass is 10.1. The highest BCUT2D eigenvalue weighted by molar-refractivity contribution is 6.60. The average molecular weight is 259 g/mol. The Kier molecular flexibility index (Phi) is 3.66. The van der Waals surface area contributed by atoms with E-state index in [4.69, 9.17) is 0 Å². The van der Waals surface area contributed by atoms with Crippen LogP contribution in [0.5, 0.6) is 0 Å². The zero-order valence-corrected chi connectivity index (χ0v) is 9.84. The lowest BCUT2D eigenvalue weighted by Gasteiger charge is -2.04. The molecule has 0 atom stereocenters. The Labute approximate surface area is 108 Å². The van der Waals surface area contributed by atoms with Crippen LogP contribution in [0, 0.1) is 5.82 Å². The quantitative estimate of drug-likeness (QED) is 0.654. The fourth-order valence-corrected chi connectivity index (χ4v) is 1.50. The van der Waals surface area contributed by atoms with E-state index in [-0.39, 0.29) is 12.2 Å². The highest BCUT2D eigenvalue weighted by Gasteiger charge is 2.17. The van der Waals surface area contributed by atoms with E-state index >= 15 is 0 Å². The number of aliphatic hydroxyl groups is 1. The predicted octanol–water partition coefficient (Wildman–Crippen LogP) is 2.22. The molecule has 0 aliphatic carbocycles. The summed E-state index contributed by atoms with van der Waals surface area (Å²) in [5.41, 5.74) is 0.832. The minimum Gasteiger partial charge on any atom is -0.507 e. The molecular formula is C14H10FNO3. The molecule has 0 bridgehead atoms. The van der Waals surface area contributed by atoms with E-state index in [1.165, 1.54) is 36.4 Å². The fourth-order valence-electron chi connectivity index (χ4n) is 1.50. The summed E-state index contributed by atoms with van der Waals surface area (Å²) in [5.74, 6) is -1.62. The Morgan fingerprint density at radius 2 is 1.95 bits per heavy atom. The highest BCUT2D eigenvalue weighted by atomic mass is 19.1. The molecule has 1 aliphatic rings. The normalized spacial score (nSPS) is 18.2. The number of carbonyl (C=O) groups is 2. The van der Waals surface area contributed by atoms with Crippen LogP contribution in [-0.2, 0) is 9.59 Å². The molecule has 5 heteroatoms. The molecule has 0 saturated carbocycles. The van der Waals surface area contributed by atoms with Gasteiger partial charge in [-0.05, 0) is 36.4 Å². The van der Waals surface area contributed by atoms with Crippen LogP contribution in [0.15, 0.2) is 47.1 Å². The number of allylic oxidation sites excluding steroid dienone is 3. The number of aliphatic hydroxyl groups excluding tert-OH is 1. The smallest absolute Gasteiger partial charge is 0.239 e. The van der Waals surface area contributed by atoms with Gasteiger partial charge in [-0.3, -0.25) is 14.6 Å². The summed E-state index contributed by atoms with van der Waals surface area (Å²) in [4.78, 5) is 25.8. The molecule has 0 radical (unpaired) electrons. The third-order valence-corrected chi connectivity index (χ3v) is 2.54. The summed E-state index contributed by atoms with van der Waals surface area (Å²) >= 11 is 0. The van der Waals surface area contributed by atoms with Crippen molar-refractivity contribution in [1.29, 1.82) is 0 Å². The zero-order valence-electron chi connectivity index (χ0n) is 9.84. The van der Waals surface area contributed by atoms with Crippen molar-refractivity contribution in [2.45, 2.75) is 6.42 Å². The van der Waals surface area contributed by atoms with Crippen molar-refractivity contribution < 1.29 is 19.1 Å². The number of benzene rings is 1. The van der Waals surface area contributed by atoms with Gasteiger partial charge in [0.2, 0.25) is 11.6 Å². The maximum atomic E-state index is 12.7. The number of hydrogen-bond acceptors (Lipinski definition) is 4. The second-order valence-corrected chi connectivity index (χ2v) is 3.94. The summed E-state index contributed by atoms with van der Waals surface area (Å²) in [5, 5.41) is 9.75. The van der Waals surface area contributed by atoms with E-state index in [1.54, 1.807) is 0 Å². The molecule has 4 nitrogen and oxygen atoms in total. The van der Waals surface area contributed by atoms with Gasteiger partial charge in [0.15, 0.2) is 0 Å². The molecule has 0 aromatic heterocycles. The number of aliphatic imine (C=N–C) groups is 1. The Morgan fingerprint density at radius 1 is 1.26 bits per heavy atom. The maximum Gasteiger partial charge on any atom is 0.239 e. The van der Waals surface area contributed by atoms with Crippen LogP contribution in [0.4, 0.5) is 4.39 Å². The summed E-state index contributed by atoms with van der Waals surface area (Å²) in [7, 11) is 0. The van der Waals surface area contributed by atoms with Crippen LogP contribution in [0.2, 0.25) is 0 Å². The molecular weight excluding hydrogens is 249 g/mol. The van der Waals surface area contributed by atoms with Crippen molar-refractivity contribution in [1.82, 2.24) is 0 Å². The first kappa shape index (κ1) is 12.9. The van der Waals surface area contributed by atoms with Crippen LogP contribution in [0.25, 0.3) is 5.76 Å². The molecule has 0 amide bonds. The van der Waals surface area contributed by atoms with E-state index in [9.17, 15) is 19.1 Å². The Hall–Kier alpha value is -2.56. The molecule has 0 fully saturated rings. The molecule has 96 valence electrons. The van der Waals surface area contributed by atoms with Gasteiger partial charge in [-0.15, -0.1) is 0 Å². The van der Waals surface area contributed by atoms with Gasteiger partial charge in [-0.1, -0.05) is 0 Å². The van der Waals surface area contributed by atoms with Crippen molar-refractivity contribution in [2.24, 2.45) is 4.99 Å². The van der Waals surface area contributed by atoms with Gasteiger partial charge in [-0.2, -0.15) is 0 Å². The van der Waals surface area contributed by atoms with Crippen molar-refractivity contribution in [3.63, 3.8) is 0 Å². The van der Waals surface area contributed by atoms with Gasteiger partial charge in [0.25, 0.3) is 0 Å². The summed E-state index contributed by atoms with van der Waals surface area (Å²) < 4.78 is 12.7.